The lowest BCUT2D eigenvalue weighted by Gasteiger charge is -2.30. The van der Waals surface area contributed by atoms with Crippen molar-refractivity contribution >= 4 is 11.8 Å². The molecule has 1 saturated heterocycles. The van der Waals surface area contributed by atoms with Gasteiger partial charge in [-0.2, -0.15) is 0 Å². The van der Waals surface area contributed by atoms with Gasteiger partial charge in [-0.15, -0.1) is 0 Å². The summed E-state index contributed by atoms with van der Waals surface area (Å²) in [5.74, 6) is 0.122. The van der Waals surface area contributed by atoms with E-state index < -0.39 is 0 Å². The van der Waals surface area contributed by atoms with Gasteiger partial charge in [0.15, 0.2) is 0 Å². The predicted molar refractivity (Wildman–Crippen MR) is 86.7 cm³/mol. The molecule has 0 saturated carbocycles. The van der Waals surface area contributed by atoms with Crippen LogP contribution in [0.25, 0.3) is 0 Å². The van der Waals surface area contributed by atoms with Gasteiger partial charge in [0.25, 0.3) is 5.91 Å². The van der Waals surface area contributed by atoms with Crippen LogP contribution in [0.4, 0.5) is 0 Å². The summed E-state index contributed by atoms with van der Waals surface area (Å²) in [5, 5.41) is 3.23. The standard InChI is InChI=1S/C17H25N3O2/c1-14(2)20(17(22)15-6-4-3-5-7-15)11-8-16(21)19-12-9-18-10-13-19/h3-7,14,18H,8-13H2,1-2H3. The van der Waals surface area contributed by atoms with E-state index >= 15 is 0 Å². The van der Waals surface area contributed by atoms with Gasteiger partial charge in [-0.25, -0.2) is 0 Å². The van der Waals surface area contributed by atoms with Crippen LogP contribution in [-0.2, 0) is 4.79 Å². The molecule has 0 unspecified atom stereocenters. The van der Waals surface area contributed by atoms with Crippen LogP contribution in [0.3, 0.4) is 0 Å². The maximum atomic E-state index is 12.6. The first-order valence-electron chi connectivity index (χ1n) is 7.94. The minimum absolute atomic E-state index is 0.0105. The first-order chi connectivity index (χ1) is 10.6. The third-order valence-corrected chi connectivity index (χ3v) is 3.94. The molecule has 2 rings (SSSR count). The third-order valence-electron chi connectivity index (χ3n) is 3.94. The zero-order chi connectivity index (χ0) is 15.9. The van der Waals surface area contributed by atoms with Crippen molar-refractivity contribution in [3.05, 3.63) is 35.9 Å². The second kappa shape index (κ2) is 7.94. The minimum atomic E-state index is -0.0105. The molecule has 0 radical (unpaired) electrons. The molecule has 0 aromatic heterocycles. The summed E-state index contributed by atoms with van der Waals surface area (Å²) in [5.41, 5.74) is 0.672. The molecule has 5 nitrogen and oxygen atoms in total. The summed E-state index contributed by atoms with van der Waals surface area (Å²) in [6.45, 7) is 7.64. The van der Waals surface area contributed by atoms with E-state index in [1.54, 1.807) is 4.90 Å². The molecule has 1 aromatic rings. The van der Waals surface area contributed by atoms with E-state index in [4.69, 9.17) is 0 Å². The summed E-state index contributed by atoms with van der Waals surface area (Å²) in [6, 6.07) is 9.31. The number of nitrogens with zero attached hydrogens (tertiary/aromatic N) is 2. The Morgan fingerprint density at radius 1 is 1.18 bits per heavy atom. The molecule has 1 aromatic carbocycles. The van der Waals surface area contributed by atoms with Crippen molar-refractivity contribution in [3.63, 3.8) is 0 Å². The van der Waals surface area contributed by atoms with Crippen molar-refractivity contribution in [3.8, 4) is 0 Å². The van der Waals surface area contributed by atoms with Gasteiger partial charge in [0.05, 0.1) is 0 Å². The van der Waals surface area contributed by atoms with Gasteiger partial charge in [0.2, 0.25) is 5.91 Å². The van der Waals surface area contributed by atoms with E-state index in [0.717, 1.165) is 26.2 Å². The Labute approximate surface area is 132 Å². The van der Waals surface area contributed by atoms with Crippen LogP contribution in [0.15, 0.2) is 30.3 Å². The van der Waals surface area contributed by atoms with E-state index in [1.165, 1.54) is 0 Å². The maximum Gasteiger partial charge on any atom is 0.254 e. The maximum absolute atomic E-state index is 12.6. The number of carbonyl (C=O) groups is 2. The summed E-state index contributed by atoms with van der Waals surface area (Å²) >= 11 is 0. The first kappa shape index (κ1) is 16.5. The molecule has 22 heavy (non-hydrogen) atoms. The summed E-state index contributed by atoms with van der Waals surface area (Å²) in [6.07, 6.45) is 0.386. The summed E-state index contributed by atoms with van der Waals surface area (Å²) in [7, 11) is 0. The molecule has 0 atom stereocenters. The van der Waals surface area contributed by atoms with Crippen molar-refractivity contribution in [1.82, 2.24) is 15.1 Å². The molecule has 2 amide bonds. The van der Waals surface area contributed by atoms with Crippen LogP contribution in [0.5, 0.6) is 0 Å². The molecular formula is C17H25N3O2. The minimum Gasteiger partial charge on any atom is -0.340 e. The number of hydrogen-bond donors (Lipinski definition) is 1. The quantitative estimate of drug-likeness (QED) is 0.893. The number of piperazine rings is 1. The van der Waals surface area contributed by atoms with Gasteiger partial charge >= 0.3 is 0 Å². The Balaban J connectivity index is 1.94. The molecule has 1 aliphatic rings. The van der Waals surface area contributed by atoms with Gasteiger partial charge in [-0.3, -0.25) is 9.59 Å². The van der Waals surface area contributed by atoms with Gasteiger partial charge in [-0.05, 0) is 26.0 Å². The molecular weight excluding hydrogens is 278 g/mol. The number of rotatable bonds is 5. The fraction of sp³-hybridized carbons (Fsp3) is 0.529. The van der Waals surface area contributed by atoms with E-state index in [-0.39, 0.29) is 17.9 Å². The number of carbonyl (C=O) groups excluding carboxylic acids is 2. The Morgan fingerprint density at radius 2 is 1.82 bits per heavy atom. The monoisotopic (exact) mass is 303 g/mol. The van der Waals surface area contributed by atoms with Gasteiger partial charge < -0.3 is 15.1 Å². The molecule has 5 heteroatoms. The predicted octanol–water partition coefficient (Wildman–Crippen LogP) is 1.36. The van der Waals surface area contributed by atoms with E-state index in [1.807, 2.05) is 49.1 Å². The molecule has 1 aliphatic heterocycles. The van der Waals surface area contributed by atoms with Crippen LogP contribution in [0.1, 0.15) is 30.6 Å². The molecule has 0 bridgehead atoms. The topological polar surface area (TPSA) is 52.7 Å². The number of amides is 2. The van der Waals surface area contributed by atoms with Crippen molar-refractivity contribution in [2.45, 2.75) is 26.3 Å². The number of hydrogen-bond acceptors (Lipinski definition) is 3. The van der Waals surface area contributed by atoms with Crippen LogP contribution in [-0.4, -0.2) is 60.4 Å². The van der Waals surface area contributed by atoms with Crippen molar-refractivity contribution < 1.29 is 9.59 Å². The van der Waals surface area contributed by atoms with Gasteiger partial charge in [0, 0.05) is 50.7 Å². The first-order valence-corrected chi connectivity index (χ1v) is 7.94. The SMILES string of the molecule is CC(C)N(CCC(=O)N1CCNCC1)C(=O)c1ccccc1. The van der Waals surface area contributed by atoms with E-state index in [0.29, 0.717) is 18.5 Å². The summed E-state index contributed by atoms with van der Waals surface area (Å²) < 4.78 is 0. The molecule has 120 valence electrons. The molecule has 1 heterocycles. The Bertz CT molecular complexity index is 496. The average Bonchev–Trinajstić information content (AvgIpc) is 2.56. The molecule has 1 N–H and O–H groups in total. The zero-order valence-corrected chi connectivity index (χ0v) is 13.4. The average molecular weight is 303 g/mol. The van der Waals surface area contributed by atoms with Crippen molar-refractivity contribution in [1.29, 1.82) is 0 Å². The highest BCUT2D eigenvalue weighted by atomic mass is 16.2. The Hall–Kier alpha value is -1.88. The third kappa shape index (κ3) is 4.31. The highest BCUT2D eigenvalue weighted by Gasteiger charge is 2.22. The highest BCUT2D eigenvalue weighted by molar-refractivity contribution is 5.94. The van der Waals surface area contributed by atoms with E-state index in [9.17, 15) is 9.59 Å². The summed E-state index contributed by atoms with van der Waals surface area (Å²) in [4.78, 5) is 28.5. The Kier molecular flexibility index (Phi) is 5.95. The van der Waals surface area contributed by atoms with Gasteiger partial charge in [0.1, 0.15) is 0 Å². The van der Waals surface area contributed by atoms with Crippen LogP contribution < -0.4 is 5.32 Å². The number of nitrogens with one attached hydrogen (secondary N) is 1. The lowest BCUT2D eigenvalue weighted by atomic mass is 10.1. The molecule has 0 spiro atoms. The number of benzene rings is 1. The van der Waals surface area contributed by atoms with Crippen molar-refractivity contribution in [2.24, 2.45) is 0 Å². The molecule has 1 fully saturated rings. The van der Waals surface area contributed by atoms with Crippen LogP contribution in [0, 0.1) is 0 Å². The highest BCUT2D eigenvalue weighted by Crippen LogP contribution is 2.10. The van der Waals surface area contributed by atoms with Crippen molar-refractivity contribution in [2.75, 3.05) is 32.7 Å². The second-order valence-electron chi connectivity index (χ2n) is 5.84. The zero-order valence-electron chi connectivity index (χ0n) is 13.4. The lowest BCUT2D eigenvalue weighted by molar-refractivity contribution is -0.132. The lowest BCUT2D eigenvalue weighted by Crippen LogP contribution is -2.47. The fourth-order valence-electron chi connectivity index (χ4n) is 2.63. The van der Waals surface area contributed by atoms with Crippen LogP contribution >= 0.6 is 0 Å². The second-order valence-corrected chi connectivity index (χ2v) is 5.84. The van der Waals surface area contributed by atoms with Gasteiger partial charge in [-0.1, -0.05) is 18.2 Å². The van der Waals surface area contributed by atoms with Crippen LogP contribution in [0.2, 0.25) is 0 Å². The normalized spacial score (nSPS) is 15.0. The fourth-order valence-corrected chi connectivity index (χ4v) is 2.63. The molecule has 0 aliphatic carbocycles. The Morgan fingerprint density at radius 3 is 2.41 bits per heavy atom. The van der Waals surface area contributed by atoms with E-state index in [2.05, 4.69) is 5.32 Å². The smallest absolute Gasteiger partial charge is 0.254 e. The largest absolute Gasteiger partial charge is 0.340 e.